The van der Waals surface area contributed by atoms with Gasteiger partial charge in [0.15, 0.2) is 0 Å². The lowest BCUT2D eigenvalue weighted by Crippen LogP contribution is -2.30. The summed E-state index contributed by atoms with van der Waals surface area (Å²) in [5.74, 6) is 0.337. The number of anilines is 1. The number of aryl methyl sites for hydroxylation is 3. The van der Waals surface area contributed by atoms with Crippen LogP contribution in [0.5, 0.6) is 0 Å². The Bertz CT molecular complexity index is 1090. The fourth-order valence-corrected chi connectivity index (χ4v) is 5.41. The summed E-state index contributed by atoms with van der Waals surface area (Å²) in [6.07, 6.45) is 2.64. The van der Waals surface area contributed by atoms with Crippen molar-refractivity contribution in [1.29, 1.82) is 0 Å². The van der Waals surface area contributed by atoms with Crippen LogP contribution in [0.1, 0.15) is 53.6 Å². The molecule has 1 aliphatic carbocycles. The lowest BCUT2D eigenvalue weighted by molar-refractivity contribution is -0.119. The number of benzene rings is 2. The van der Waals surface area contributed by atoms with Gasteiger partial charge in [0, 0.05) is 24.2 Å². The smallest absolute Gasteiger partial charge is 0.241 e. The average molecular weight is 413 g/mol. The van der Waals surface area contributed by atoms with Gasteiger partial charge < -0.3 is 4.90 Å². The molecular weight excluding hydrogens is 384 g/mol. The van der Waals surface area contributed by atoms with Crippen LogP contribution in [0.15, 0.2) is 35.2 Å². The molecule has 2 aromatic carbocycles. The molecule has 1 atom stereocenters. The second-order valence-electron chi connectivity index (χ2n) is 8.44. The third-order valence-corrected chi connectivity index (χ3v) is 7.67. The average Bonchev–Trinajstić information content (AvgIpc) is 3.42. The van der Waals surface area contributed by atoms with Crippen LogP contribution in [0, 0.1) is 26.7 Å². The summed E-state index contributed by atoms with van der Waals surface area (Å²) >= 11 is 0. The maximum atomic E-state index is 13.0. The van der Waals surface area contributed by atoms with Gasteiger partial charge in [0.1, 0.15) is 0 Å². The SMILES string of the molecule is Cc1cc(C)c([C@@H](C)NS(=O)(=O)c2ccc3c(c2)CCN3C(=O)C2CC2)cc1C. The minimum Gasteiger partial charge on any atom is -0.312 e. The molecule has 1 amide bonds. The van der Waals surface area contributed by atoms with Crippen molar-refractivity contribution >= 4 is 21.6 Å². The van der Waals surface area contributed by atoms with Crippen LogP contribution < -0.4 is 9.62 Å². The van der Waals surface area contributed by atoms with E-state index in [-0.39, 0.29) is 22.8 Å². The predicted molar refractivity (Wildman–Crippen MR) is 115 cm³/mol. The van der Waals surface area contributed by atoms with E-state index in [1.54, 1.807) is 18.2 Å². The maximum Gasteiger partial charge on any atom is 0.241 e. The Kier molecular flexibility index (Phi) is 5.03. The Hall–Kier alpha value is -2.18. The van der Waals surface area contributed by atoms with E-state index < -0.39 is 10.0 Å². The third kappa shape index (κ3) is 3.83. The molecule has 2 aliphatic rings. The van der Waals surface area contributed by atoms with Gasteiger partial charge in [-0.1, -0.05) is 12.1 Å². The van der Waals surface area contributed by atoms with Crippen LogP contribution >= 0.6 is 0 Å². The zero-order valence-corrected chi connectivity index (χ0v) is 18.3. The van der Waals surface area contributed by atoms with Crippen molar-refractivity contribution in [3.8, 4) is 0 Å². The molecule has 1 heterocycles. The van der Waals surface area contributed by atoms with E-state index in [0.29, 0.717) is 13.0 Å². The molecule has 0 aromatic heterocycles. The summed E-state index contributed by atoms with van der Waals surface area (Å²) in [5.41, 5.74) is 6.20. The van der Waals surface area contributed by atoms with Crippen molar-refractivity contribution in [3.05, 3.63) is 58.1 Å². The van der Waals surface area contributed by atoms with Crippen LogP contribution in [0.2, 0.25) is 0 Å². The summed E-state index contributed by atoms with van der Waals surface area (Å²) in [4.78, 5) is 14.5. The van der Waals surface area contributed by atoms with Gasteiger partial charge in [-0.15, -0.1) is 0 Å². The van der Waals surface area contributed by atoms with E-state index in [1.807, 2.05) is 25.7 Å². The Morgan fingerprint density at radius 3 is 2.45 bits per heavy atom. The molecule has 1 saturated carbocycles. The van der Waals surface area contributed by atoms with Crippen molar-refractivity contribution in [2.24, 2.45) is 5.92 Å². The van der Waals surface area contributed by atoms with Crippen molar-refractivity contribution in [3.63, 3.8) is 0 Å². The molecule has 0 radical (unpaired) electrons. The molecule has 0 bridgehead atoms. The minimum atomic E-state index is -3.66. The Morgan fingerprint density at radius 1 is 1.07 bits per heavy atom. The van der Waals surface area contributed by atoms with Crippen molar-refractivity contribution in [2.45, 2.75) is 57.9 Å². The molecule has 1 aliphatic heterocycles. The maximum absolute atomic E-state index is 13.0. The number of carbonyl (C=O) groups is 1. The molecule has 2 aromatic rings. The second-order valence-corrected chi connectivity index (χ2v) is 10.2. The molecule has 154 valence electrons. The summed E-state index contributed by atoms with van der Waals surface area (Å²) in [7, 11) is -3.66. The van der Waals surface area contributed by atoms with Gasteiger partial charge in [0.05, 0.1) is 4.90 Å². The fourth-order valence-electron chi connectivity index (χ4n) is 4.14. The quantitative estimate of drug-likeness (QED) is 0.809. The van der Waals surface area contributed by atoms with Gasteiger partial charge >= 0.3 is 0 Å². The first-order chi connectivity index (χ1) is 13.7. The first-order valence-corrected chi connectivity index (χ1v) is 11.7. The second kappa shape index (κ2) is 7.26. The van der Waals surface area contributed by atoms with E-state index in [4.69, 9.17) is 0 Å². The predicted octanol–water partition coefficient (Wildman–Crippen LogP) is 3.95. The molecule has 4 rings (SSSR count). The number of amides is 1. The van der Waals surface area contributed by atoms with Gasteiger partial charge in [-0.2, -0.15) is 0 Å². The standard InChI is InChI=1S/C23H28N2O3S/c1-14-11-16(3)21(12-15(14)2)17(4)24-29(27,28)20-7-8-22-19(13-20)9-10-25(22)23(26)18-5-6-18/h7-8,11-13,17-18,24H,5-6,9-10H2,1-4H3/t17-/m1/s1. The number of fused-ring (bicyclic) bond motifs is 1. The number of carbonyl (C=O) groups excluding carboxylic acids is 1. The van der Waals surface area contributed by atoms with Gasteiger partial charge in [-0.05, 0) is 93.0 Å². The number of rotatable bonds is 5. The summed E-state index contributed by atoms with van der Waals surface area (Å²) in [5, 5.41) is 0. The first kappa shape index (κ1) is 20.1. The van der Waals surface area contributed by atoms with Gasteiger partial charge in [-0.25, -0.2) is 13.1 Å². The summed E-state index contributed by atoms with van der Waals surface area (Å²) in [6, 6.07) is 8.93. The van der Waals surface area contributed by atoms with Crippen LogP contribution in [0.3, 0.4) is 0 Å². The lowest BCUT2D eigenvalue weighted by Gasteiger charge is -2.19. The summed E-state index contributed by atoms with van der Waals surface area (Å²) in [6.45, 7) is 8.61. The Morgan fingerprint density at radius 2 is 1.76 bits per heavy atom. The minimum absolute atomic E-state index is 0.160. The summed E-state index contributed by atoms with van der Waals surface area (Å²) < 4.78 is 28.9. The van der Waals surface area contributed by atoms with E-state index in [0.717, 1.165) is 40.8 Å². The zero-order chi connectivity index (χ0) is 20.9. The van der Waals surface area contributed by atoms with E-state index in [1.165, 1.54) is 5.56 Å². The highest BCUT2D eigenvalue weighted by Crippen LogP contribution is 2.37. The molecule has 5 nitrogen and oxygen atoms in total. The van der Waals surface area contributed by atoms with Crippen molar-refractivity contribution < 1.29 is 13.2 Å². The van der Waals surface area contributed by atoms with Crippen molar-refractivity contribution in [2.75, 3.05) is 11.4 Å². The first-order valence-electron chi connectivity index (χ1n) is 10.2. The number of hydrogen-bond acceptors (Lipinski definition) is 3. The van der Waals surface area contributed by atoms with Crippen LogP contribution in [0.25, 0.3) is 0 Å². The molecule has 0 spiro atoms. The molecule has 0 saturated heterocycles. The molecule has 1 fully saturated rings. The number of hydrogen-bond donors (Lipinski definition) is 1. The highest BCUT2D eigenvalue weighted by molar-refractivity contribution is 7.89. The normalized spacial score (nSPS) is 17.3. The number of nitrogens with one attached hydrogen (secondary N) is 1. The van der Waals surface area contributed by atoms with E-state index in [2.05, 4.69) is 23.8 Å². The monoisotopic (exact) mass is 412 g/mol. The topological polar surface area (TPSA) is 66.5 Å². The van der Waals surface area contributed by atoms with Crippen LogP contribution in [-0.2, 0) is 21.2 Å². The van der Waals surface area contributed by atoms with Crippen LogP contribution in [-0.4, -0.2) is 20.9 Å². The van der Waals surface area contributed by atoms with E-state index in [9.17, 15) is 13.2 Å². The highest BCUT2D eigenvalue weighted by Gasteiger charge is 2.36. The van der Waals surface area contributed by atoms with Crippen LogP contribution in [0.4, 0.5) is 5.69 Å². The largest absolute Gasteiger partial charge is 0.312 e. The molecule has 0 unspecified atom stereocenters. The Balaban J connectivity index is 1.57. The Labute approximate surface area is 173 Å². The zero-order valence-electron chi connectivity index (χ0n) is 17.5. The van der Waals surface area contributed by atoms with Gasteiger partial charge in [0.2, 0.25) is 15.9 Å². The van der Waals surface area contributed by atoms with Gasteiger partial charge in [-0.3, -0.25) is 4.79 Å². The molecule has 1 N–H and O–H groups in total. The number of nitrogens with zero attached hydrogens (tertiary/aromatic N) is 1. The fraction of sp³-hybridized carbons (Fsp3) is 0.435. The molecule has 29 heavy (non-hydrogen) atoms. The molecule has 6 heteroatoms. The third-order valence-electron chi connectivity index (χ3n) is 6.13. The van der Waals surface area contributed by atoms with E-state index >= 15 is 0 Å². The van der Waals surface area contributed by atoms with Gasteiger partial charge in [0.25, 0.3) is 0 Å². The molecular formula is C23H28N2O3S. The lowest BCUT2D eigenvalue weighted by atomic mass is 9.97. The number of sulfonamides is 1. The van der Waals surface area contributed by atoms with Crippen molar-refractivity contribution in [1.82, 2.24) is 4.72 Å². The highest BCUT2D eigenvalue weighted by atomic mass is 32.2.